The van der Waals surface area contributed by atoms with Gasteiger partial charge in [0.2, 0.25) is 17.7 Å². The van der Waals surface area contributed by atoms with E-state index < -0.39 is 29.3 Å². The summed E-state index contributed by atoms with van der Waals surface area (Å²) in [5.41, 5.74) is 1.56. The topological polar surface area (TPSA) is 98.8 Å². The number of halogens is 1. The minimum atomic E-state index is -1.40. The number of benzene rings is 3. The van der Waals surface area contributed by atoms with Crippen LogP contribution in [0.5, 0.6) is 0 Å². The maximum Gasteiger partial charge on any atom is 0.253 e. The maximum absolute atomic E-state index is 14.3. The molecule has 4 atom stereocenters. The Morgan fingerprint density at radius 2 is 1.66 bits per heavy atom. The molecule has 0 aliphatic carbocycles. The van der Waals surface area contributed by atoms with Gasteiger partial charge in [-0.05, 0) is 55.0 Å². The number of carbonyl (C=O) groups excluding carboxylic acids is 4. The van der Waals surface area contributed by atoms with Crippen molar-refractivity contribution >= 4 is 40.7 Å². The van der Waals surface area contributed by atoms with Crippen molar-refractivity contribution < 1.29 is 23.6 Å². The number of nitrogens with one attached hydrogen (secondary N) is 2. The molecular weight excluding hydrogens is 487 g/mol. The fraction of sp³-hybridized carbons (Fsp3) is 0.241. The van der Waals surface area contributed by atoms with Crippen molar-refractivity contribution in [3.05, 3.63) is 89.7 Å². The van der Waals surface area contributed by atoms with Crippen LogP contribution in [-0.4, -0.2) is 29.7 Å². The first-order valence-corrected chi connectivity index (χ1v) is 12.4. The molecule has 4 amide bonds. The normalized spacial score (nSPS) is 25.8. The zero-order valence-electron chi connectivity index (χ0n) is 20.8. The van der Waals surface area contributed by atoms with Crippen molar-refractivity contribution in [2.75, 3.05) is 15.1 Å². The van der Waals surface area contributed by atoms with E-state index in [-0.39, 0.29) is 30.1 Å². The van der Waals surface area contributed by atoms with Crippen molar-refractivity contribution in [3.8, 4) is 0 Å². The van der Waals surface area contributed by atoms with Crippen LogP contribution in [0.3, 0.4) is 0 Å². The lowest BCUT2D eigenvalue weighted by atomic mass is 9.76. The molecule has 3 aliphatic heterocycles. The Bertz CT molecular complexity index is 1490. The summed E-state index contributed by atoms with van der Waals surface area (Å²) in [6.45, 7) is 3.41. The van der Waals surface area contributed by atoms with E-state index in [0.717, 1.165) is 10.5 Å². The van der Waals surface area contributed by atoms with Gasteiger partial charge in [-0.15, -0.1) is 0 Å². The van der Waals surface area contributed by atoms with Crippen molar-refractivity contribution in [1.29, 1.82) is 0 Å². The van der Waals surface area contributed by atoms with Crippen LogP contribution in [0.1, 0.15) is 25.0 Å². The summed E-state index contributed by atoms with van der Waals surface area (Å²) >= 11 is 0. The highest BCUT2D eigenvalue weighted by molar-refractivity contribution is 6.26. The molecule has 0 aromatic heterocycles. The largest absolute Gasteiger partial charge is 0.326 e. The number of amides is 4. The van der Waals surface area contributed by atoms with Crippen LogP contribution in [0.4, 0.5) is 21.5 Å². The van der Waals surface area contributed by atoms with E-state index in [1.165, 1.54) is 19.1 Å². The number of nitrogens with zero attached hydrogens (tertiary/aromatic N) is 2. The van der Waals surface area contributed by atoms with E-state index in [0.29, 0.717) is 22.6 Å². The van der Waals surface area contributed by atoms with Gasteiger partial charge in [-0.3, -0.25) is 24.5 Å². The Balaban J connectivity index is 1.40. The smallest absolute Gasteiger partial charge is 0.253 e. The van der Waals surface area contributed by atoms with Gasteiger partial charge >= 0.3 is 0 Å². The highest BCUT2D eigenvalue weighted by atomic mass is 19.1. The lowest BCUT2D eigenvalue weighted by Crippen LogP contribution is -2.54. The molecule has 38 heavy (non-hydrogen) atoms. The van der Waals surface area contributed by atoms with Crippen molar-refractivity contribution in [1.82, 2.24) is 5.32 Å². The van der Waals surface area contributed by atoms with Crippen LogP contribution in [-0.2, 0) is 31.3 Å². The van der Waals surface area contributed by atoms with Crippen LogP contribution < -0.4 is 20.4 Å². The molecule has 3 aromatic rings. The number of fused-ring (bicyclic) bond motifs is 4. The summed E-state index contributed by atoms with van der Waals surface area (Å²) in [5, 5.41) is 6.03. The quantitative estimate of drug-likeness (QED) is 0.523. The van der Waals surface area contributed by atoms with Gasteiger partial charge in [-0.1, -0.05) is 30.3 Å². The molecule has 2 N–H and O–H groups in total. The Hall–Kier alpha value is -4.37. The number of rotatable bonds is 4. The first-order chi connectivity index (χ1) is 18.2. The van der Waals surface area contributed by atoms with Gasteiger partial charge in [-0.25, -0.2) is 9.29 Å². The molecule has 0 unspecified atom stereocenters. The fourth-order valence-electron chi connectivity index (χ4n) is 6.19. The molecule has 2 fully saturated rings. The minimum Gasteiger partial charge on any atom is -0.326 e. The molecule has 6 rings (SSSR count). The molecule has 0 saturated carbocycles. The van der Waals surface area contributed by atoms with E-state index in [4.69, 9.17) is 0 Å². The molecule has 9 heteroatoms. The molecule has 1 spiro atoms. The third kappa shape index (κ3) is 3.39. The summed E-state index contributed by atoms with van der Waals surface area (Å²) in [4.78, 5) is 56.1. The predicted octanol–water partition coefficient (Wildman–Crippen LogP) is 3.32. The molecule has 2 saturated heterocycles. The fourth-order valence-corrected chi connectivity index (χ4v) is 6.19. The molecule has 0 radical (unpaired) electrons. The number of hydrogen-bond acceptors (Lipinski definition) is 5. The molecule has 3 heterocycles. The highest BCUT2D eigenvalue weighted by Gasteiger charge is 2.71. The highest BCUT2D eigenvalue weighted by Crippen LogP contribution is 2.55. The first-order valence-electron chi connectivity index (χ1n) is 12.4. The van der Waals surface area contributed by atoms with Gasteiger partial charge in [0.1, 0.15) is 11.4 Å². The summed E-state index contributed by atoms with van der Waals surface area (Å²) in [6, 6.07) is 19.3. The van der Waals surface area contributed by atoms with Gasteiger partial charge in [0.15, 0.2) is 0 Å². The van der Waals surface area contributed by atoms with Crippen LogP contribution >= 0.6 is 0 Å². The van der Waals surface area contributed by atoms with Crippen LogP contribution in [0.25, 0.3) is 0 Å². The zero-order chi connectivity index (χ0) is 26.8. The van der Waals surface area contributed by atoms with E-state index >= 15 is 0 Å². The Labute approximate surface area is 218 Å². The number of anilines is 3. The van der Waals surface area contributed by atoms with Crippen molar-refractivity contribution in [3.63, 3.8) is 0 Å². The molecule has 3 aromatic carbocycles. The number of carbonyl (C=O) groups is 4. The van der Waals surface area contributed by atoms with Crippen molar-refractivity contribution in [2.24, 2.45) is 11.8 Å². The molecule has 0 bridgehead atoms. The molecule has 3 aliphatic rings. The van der Waals surface area contributed by atoms with E-state index in [2.05, 4.69) is 10.6 Å². The number of imide groups is 1. The lowest BCUT2D eigenvalue weighted by Gasteiger charge is -2.30. The Morgan fingerprint density at radius 3 is 2.34 bits per heavy atom. The van der Waals surface area contributed by atoms with Gasteiger partial charge in [0, 0.05) is 29.9 Å². The SMILES string of the molecule is CC(=O)Nc1ccc(N2C(=O)[C@@H]3[C@H](C)N[C@]4(C(=O)N(Cc5ccc(F)cc5)c5ccccc54)[C@H]3C2=O)cc1. The predicted molar refractivity (Wildman–Crippen MR) is 139 cm³/mol. The minimum absolute atomic E-state index is 0.196. The van der Waals surface area contributed by atoms with Crippen LogP contribution in [0.2, 0.25) is 0 Å². The van der Waals surface area contributed by atoms with Gasteiger partial charge < -0.3 is 10.2 Å². The molecule has 192 valence electrons. The summed E-state index contributed by atoms with van der Waals surface area (Å²) < 4.78 is 13.5. The van der Waals surface area contributed by atoms with Crippen LogP contribution in [0.15, 0.2) is 72.8 Å². The van der Waals surface area contributed by atoms with E-state index in [1.54, 1.807) is 41.3 Å². The molecule has 8 nitrogen and oxygen atoms in total. The van der Waals surface area contributed by atoms with Gasteiger partial charge in [0.25, 0.3) is 5.91 Å². The second-order valence-corrected chi connectivity index (χ2v) is 10.0. The summed E-state index contributed by atoms with van der Waals surface area (Å²) in [5.74, 6) is -3.40. The second kappa shape index (κ2) is 8.59. The van der Waals surface area contributed by atoms with Gasteiger partial charge in [0.05, 0.1) is 24.1 Å². The average Bonchev–Trinajstić information content (AvgIpc) is 3.44. The first kappa shape index (κ1) is 24.0. The van der Waals surface area contributed by atoms with Gasteiger partial charge in [-0.2, -0.15) is 0 Å². The summed E-state index contributed by atoms with van der Waals surface area (Å²) in [6.07, 6.45) is 0. The standard InChI is InChI=1S/C29H25FN4O4/c1-16-24-25(27(37)34(26(24)36)21-13-11-20(12-14-21)31-17(2)35)29(32-16)22-5-3-4-6-23(22)33(28(29)38)15-18-7-9-19(30)10-8-18/h3-14,16,24-25,32H,15H2,1-2H3,(H,31,35)/t16-,24+,25+,29-/m0/s1. The Kier molecular flexibility index (Phi) is 5.43. The number of hydrogen-bond donors (Lipinski definition) is 2. The second-order valence-electron chi connectivity index (χ2n) is 10.0. The Morgan fingerprint density at radius 1 is 0.974 bits per heavy atom. The molecular formula is C29H25FN4O4. The van der Waals surface area contributed by atoms with Crippen LogP contribution in [0, 0.1) is 17.7 Å². The summed E-state index contributed by atoms with van der Waals surface area (Å²) in [7, 11) is 0. The third-order valence-electron chi connectivity index (χ3n) is 7.71. The monoisotopic (exact) mass is 512 g/mol. The van der Waals surface area contributed by atoms with E-state index in [1.807, 2.05) is 31.2 Å². The van der Waals surface area contributed by atoms with E-state index in [9.17, 15) is 23.6 Å². The number of para-hydroxylation sites is 1. The third-order valence-corrected chi connectivity index (χ3v) is 7.71. The lowest BCUT2D eigenvalue weighted by molar-refractivity contribution is -0.132. The maximum atomic E-state index is 14.3. The zero-order valence-corrected chi connectivity index (χ0v) is 20.8. The average molecular weight is 513 g/mol. The van der Waals surface area contributed by atoms with Crippen molar-refractivity contribution in [2.45, 2.75) is 32.0 Å².